The van der Waals surface area contributed by atoms with Gasteiger partial charge in [-0.05, 0) is 47.7 Å². The van der Waals surface area contributed by atoms with E-state index in [-0.39, 0.29) is 12.5 Å². The topological polar surface area (TPSA) is 99.1 Å². The number of nitrogens with one attached hydrogen (secondary N) is 1. The van der Waals surface area contributed by atoms with Crippen LogP contribution in [0.25, 0.3) is 11.0 Å². The van der Waals surface area contributed by atoms with E-state index in [1.165, 1.54) is 0 Å². The fourth-order valence-electron chi connectivity index (χ4n) is 3.34. The number of aromatic nitrogens is 3. The van der Waals surface area contributed by atoms with E-state index in [2.05, 4.69) is 15.4 Å². The van der Waals surface area contributed by atoms with Gasteiger partial charge in [-0.15, -0.1) is 5.10 Å². The molecular weight excluding hydrogens is 318 g/mol. The molecule has 0 amide bonds. The Kier molecular flexibility index (Phi) is 4.55. The number of carboxylic acid groups (broad SMARTS) is 1. The summed E-state index contributed by atoms with van der Waals surface area (Å²) in [6, 6.07) is 9.56. The van der Waals surface area contributed by atoms with Crippen LogP contribution in [0.3, 0.4) is 0 Å². The molecule has 25 heavy (non-hydrogen) atoms. The van der Waals surface area contributed by atoms with E-state index < -0.39 is 11.9 Å². The zero-order chi connectivity index (χ0) is 18.1. The molecule has 0 aliphatic carbocycles. The van der Waals surface area contributed by atoms with Gasteiger partial charge in [0.15, 0.2) is 0 Å². The van der Waals surface area contributed by atoms with Crippen molar-refractivity contribution >= 4 is 17.0 Å². The second-order valence-electron chi connectivity index (χ2n) is 6.44. The van der Waals surface area contributed by atoms with Gasteiger partial charge in [0, 0.05) is 5.92 Å². The summed E-state index contributed by atoms with van der Waals surface area (Å²) in [4.78, 5) is 11.8. The lowest BCUT2D eigenvalue weighted by Gasteiger charge is -2.24. The van der Waals surface area contributed by atoms with E-state index in [0.717, 1.165) is 38.9 Å². The Labute approximate surface area is 145 Å². The van der Waals surface area contributed by atoms with Gasteiger partial charge in [0.25, 0.3) is 0 Å². The van der Waals surface area contributed by atoms with Crippen molar-refractivity contribution < 1.29 is 15.0 Å². The Morgan fingerprint density at radius 2 is 2.00 bits per heavy atom. The summed E-state index contributed by atoms with van der Waals surface area (Å²) in [5.74, 6) is -1.84. The molecule has 3 N–H and O–H groups in total. The maximum atomic E-state index is 11.8. The summed E-state index contributed by atoms with van der Waals surface area (Å²) in [7, 11) is 0. The first-order chi connectivity index (χ1) is 11.9. The molecule has 0 spiro atoms. The number of hydrogen-bond donors (Lipinski definition) is 3. The quantitative estimate of drug-likeness (QED) is 0.664. The fraction of sp³-hybridized carbons (Fsp3) is 0.316. The van der Waals surface area contributed by atoms with Crippen molar-refractivity contribution in [3.63, 3.8) is 0 Å². The van der Waals surface area contributed by atoms with Crippen molar-refractivity contribution in [1.82, 2.24) is 15.4 Å². The highest BCUT2D eigenvalue weighted by atomic mass is 16.4. The smallest absolute Gasteiger partial charge is 0.307 e. The highest BCUT2D eigenvalue weighted by Gasteiger charge is 2.29. The van der Waals surface area contributed by atoms with Crippen LogP contribution < -0.4 is 0 Å². The van der Waals surface area contributed by atoms with Crippen LogP contribution in [0, 0.1) is 19.8 Å². The molecule has 1 aromatic heterocycles. The summed E-state index contributed by atoms with van der Waals surface area (Å²) in [6.07, 6.45) is 0. The molecule has 2 aromatic carbocycles. The Hall–Kier alpha value is -2.73. The Morgan fingerprint density at radius 3 is 2.68 bits per heavy atom. The zero-order valence-electron chi connectivity index (χ0n) is 14.4. The SMILES string of the molecule is Cc1ccc([C@H](c2ccc3[nH]nnc3c2C)[C@H](C)C(=O)O)cc1CO. The number of rotatable bonds is 5. The molecule has 0 aliphatic heterocycles. The van der Waals surface area contributed by atoms with Crippen molar-refractivity contribution in [3.05, 3.63) is 58.1 Å². The molecule has 0 unspecified atom stereocenters. The van der Waals surface area contributed by atoms with Crippen molar-refractivity contribution in [2.75, 3.05) is 0 Å². The monoisotopic (exact) mass is 339 g/mol. The number of aliphatic hydroxyl groups is 1. The predicted molar refractivity (Wildman–Crippen MR) is 94.4 cm³/mol. The summed E-state index contributed by atoms with van der Waals surface area (Å²) >= 11 is 0. The van der Waals surface area contributed by atoms with Crippen molar-refractivity contribution in [2.45, 2.75) is 33.3 Å². The van der Waals surface area contributed by atoms with Crippen LogP contribution in [0.5, 0.6) is 0 Å². The standard InChI is InChI=1S/C19H21N3O3/c1-10-4-5-13(8-14(10)9-23)17(12(3)19(24)25)15-6-7-16-18(11(15)2)21-22-20-16/h4-8,12,17,23H,9H2,1-3H3,(H,24,25)(H,20,21,22)/t12-,17+/m0/s1. The Morgan fingerprint density at radius 1 is 1.24 bits per heavy atom. The van der Waals surface area contributed by atoms with Gasteiger partial charge in [0.05, 0.1) is 18.0 Å². The average Bonchev–Trinajstić information content (AvgIpc) is 3.07. The first-order valence-corrected chi connectivity index (χ1v) is 8.17. The fourth-order valence-corrected chi connectivity index (χ4v) is 3.34. The maximum Gasteiger partial charge on any atom is 0.307 e. The van der Waals surface area contributed by atoms with Gasteiger partial charge in [-0.3, -0.25) is 9.89 Å². The van der Waals surface area contributed by atoms with E-state index >= 15 is 0 Å². The number of H-pyrrole nitrogens is 1. The molecule has 0 fully saturated rings. The lowest BCUT2D eigenvalue weighted by atomic mass is 9.79. The van der Waals surface area contributed by atoms with Gasteiger partial charge in [-0.1, -0.05) is 36.4 Å². The van der Waals surface area contributed by atoms with Crippen LogP contribution in [0.2, 0.25) is 0 Å². The molecular formula is C19H21N3O3. The normalized spacial score (nSPS) is 13.8. The molecule has 0 saturated carbocycles. The number of carbonyl (C=O) groups is 1. The molecule has 6 heteroatoms. The second kappa shape index (κ2) is 6.64. The largest absolute Gasteiger partial charge is 0.481 e. The molecule has 0 bridgehead atoms. The number of aliphatic hydroxyl groups excluding tert-OH is 1. The molecule has 0 aliphatic rings. The third kappa shape index (κ3) is 3.00. The number of fused-ring (bicyclic) bond motifs is 1. The number of nitrogens with zero attached hydrogens (tertiary/aromatic N) is 2. The van der Waals surface area contributed by atoms with Crippen LogP contribution in [-0.2, 0) is 11.4 Å². The molecule has 0 saturated heterocycles. The van der Waals surface area contributed by atoms with Gasteiger partial charge >= 0.3 is 5.97 Å². The molecule has 2 atom stereocenters. The Bertz CT molecular complexity index is 933. The van der Waals surface area contributed by atoms with Gasteiger partial charge in [-0.2, -0.15) is 0 Å². The molecule has 1 heterocycles. The minimum Gasteiger partial charge on any atom is -0.481 e. The van der Waals surface area contributed by atoms with E-state index in [0.29, 0.717) is 0 Å². The van der Waals surface area contributed by atoms with E-state index in [4.69, 9.17) is 0 Å². The number of carboxylic acids is 1. The lowest BCUT2D eigenvalue weighted by molar-refractivity contribution is -0.141. The first kappa shape index (κ1) is 17.1. The number of aryl methyl sites for hydroxylation is 2. The van der Waals surface area contributed by atoms with Crippen molar-refractivity contribution in [1.29, 1.82) is 0 Å². The number of hydrogen-bond acceptors (Lipinski definition) is 4. The summed E-state index contributed by atoms with van der Waals surface area (Å²) in [5, 5.41) is 30.0. The number of aromatic amines is 1. The molecule has 130 valence electrons. The summed E-state index contributed by atoms with van der Waals surface area (Å²) in [6.45, 7) is 5.49. The molecule has 3 rings (SSSR count). The average molecular weight is 339 g/mol. The second-order valence-corrected chi connectivity index (χ2v) is 6.44. The van der Waals surface area contributed by atoms with Crippen LogP contribution in [-0.4, -0.2) is 31.6 Å². The van der Waals surface area contributed by atoms with Gasteiger partial charge < -0.3 is 10.2 Å². The van der Waals surface area contributed by atoms with E-state index in [9.17, 15) is 15.0 Å². The van der Waals surface area contributed by atoms with Crippen LogP contribution in [0.1, 0.15) is 40.7 Å². The van der Waals surface area contributed by atoms with Crippen LogP contribution in [0.15, 0.2) is 30.3 Å². The number of benzene rings is 2. The molecule has 6 nitrogen and oxygen atoms in total. The van der Waals surface area contributed by atoms with Crippen molar-refractivity contribution in [3.8, 4) is 0 Å². The van der Waals surface area contributed by atoms with E-state index in [1.807, 2.05) is 44.2 Å². The third-order valence-electron chi connectivity index (χ3n) is 4.92. The van der Waals surface area contributed by atoms with Gasteiger partial charge in [0.2, 0.25) is 0 Å². The van der Waals surface area contributed by atoms with Crippen LogP contribution in [0.4, 0.5) is 0 Å². The van der Waals surface area contributed by atoms with Gasteiger partial charge in [-0.25, -0.2) is 0 Å². The van der Waals surface area contributed by atoms with Crippen molar-refractivity contribution in [2.24, 2.45) is 5.92 Å². The van der Waals surface area contributed by atoms with Gasteiger partial charge in [0.1, 0.15) is 5.52 Å². The summed E-state index contributed by atoms with van der Waals surface area (Å²) in [5.41, 5.74) is 6.05. The summed E-state index contributed by atoms with van der Waals surface area (Å²) < 4.78 is 0. The minimum atomic E-state index is -0.865. The number of aliphatic carboxylic acids is 1. The molecule has 3 aromatic rings. The highest BCUT2D eigenvalue weighted by molar-refractivity contribution is 5.80. The Balaban J connectivity index is 2.21. The molecule has 0 radical (unpaired) electrons. The van der Waals surface area contributed by atoms with Crippen LogP contribution >= 0.6 is 0 Å². The first-order valence-electron chi connectivity index (χ1n) is 8.17. The lowest BCUT2D eigenvalue weighted by Crippen LogP contribution is -2.21. The zero-order valence-corrected chi connectivity index (χ0v) is 14.4. The highest BCUT2D eigenvalue weighted by Crippen LogP contribution is 2.36. The third-order valence-corrected chi connectivity index (χ3v) is 4.92. The van der Waals surface area contributed by atoms with E-state index in [1.54, 1.807) is 6.92 Å². The predicted octanol–water partition coefficient (Wildman–Crippen LogP) is 2.92. The maximum absolute atomic E-state index is 11.8. The minimum absolute atomic E-state index is 0.0743.